The maximum absolute atomic E-state index is 10.9. The molecule has 0 spiro atoms. The lowest BCUT2D eigenvalue weighted by atomic mass is 10.2. The van der Waals surface area contributed by atoms with E-state index < -0.39 is 0 Å². The van der Waals surface area contributed by atoms with Gasteiger partial charge in [0.1, 0.15) is 0 Å². The van der Waals surface area contributed by atoms with Gasteiger partial charge in [0.2, 0.25) is 11.8 Å². The van der Waals surface area contributed by atoms with Crippen LogP contribution in [0.2, 0.25) is 0 Å². The summed E-state index contributed by atoms with van der Waals surface area (Å²) in [5.41, 5.74) is 0. The summed E-state index contributed by atoms with van der Waals surface area (Å²) in [5, 5.41) is 5.22. The molecule has 1 rings (SSSR count). The zero-order chi connectivity index (χ0) is 8.43. The fourth-order valence-corrected chi connectivity index (χ4v) is 1.09. The number of amides is 2. The van der Waals surface area contributed by atoms with Gasteiger partial charge >= 0.3 is 0 Å². The lowest BCUT2D eigenvalue weighted by Crippen LogP contribution is -2.40. The van der Waals surface area contributed by atoms with Crippen LogP contribution in [0.1, 0.15) is 20.3 Å². The van der Waals surface area contributed by atoms with Crippen molar-refractivity contribution in [1.29, 1.82) is 0 Å². The first-order valence-electron chi connectivity index (χ1n) is 3.69. The Balaban J connectivity index is 2.47. The van der Waals surface area contributed by atoms with E-state index in [-0.39, 0.29) is 30.3 Å². The van der Waals surface area contributed by atoms with E-state index in [9.17, 15) is 9.59 Å². The van der Waals surface area contributed by atoms with E-state index in [2.05, 4.69) is 10.6 Å². The first-order chi connectivity index (χ1) is 5.09. The molecule has 2 N–H and O–H groups in total. The minimum absolute atomic E-state index is 0.187. The molecule has 0 bridgehead atoms. The van der Waals surface area contributed by atoms with Gasteiger partial charge in [-0.15, -0.1) is 0 Å². The average molecular weight is 156 g/mol. The molecule has 0 radical (unpaired) electrons. The van der Waals surface area contributed by atoms with Crippen molar-refractivity contribution in [3.63, 3.8) is 0 Å². The van der Waals surface area contributed by atoms with Crippen molar-refractivity contribution in [2.45, 2.75) is 32.4 Å². The van der Waals surface area contributed by atoms with Gasteiger partial charge in [0.05, 0.1) is 12.5 Å². The van der Waals surface area contributed by atoms with Crippen molar-refractivity contribution < 1.29 is 9.59 Å². The Labute approximate surface area is 65.3 Å². The van der Waals surface area contributed by atoms with E-state index in [1.165, 1.54) is 0 Å². The highest BCUT2D eigenvalue weighted by Crippen LogP contribution is 2.01. The molecule has 0 saturated carbocycles. The molecule has 0 aromatic carbocycles. The minimum Gasteiger partial charge on any atom is -0.303 e. The monoisotopic (exact) mass is 156 g/mol. The Morgan fingerprint density at radius 1 is 1.55 bits per heavy atom. The summed E-state index contributed by atoms with van der Waals surface area (Å²) < 4.78 is 0. The van der Waals surface area contributed by atoms with Crippen LogP contribution in [0.4, 0.5) is 0 Å². The number of imide groups is 1. The Bertz CT molecular complexity index is 189. The van der Waals surface area contributed by atoms with Crippen LogP contribution in [0.5, 0.6) is 0 Å². The normalized spacial score (nSPS) is 24.5. The van der Waals surface area contributed by atoms with E-state index in [4.69, 9.17) is 0 Å². The summed E-state index contributed by atoms with van der Waals surface area (Å²) in [5.74, 6) is -0.392. The van der Waals surface area contributed by atoms with Crippen LogP contribution in [-0.4, -0.2) is 23.9 Å². The lowest BCUT2D eigenvalue weighted by Gasteiger charge is -2.11. The van der Waals surface area contributed by atoms with E-state index in [1.807, 2.05) is 13.8 Å². The second-order valence-corrected chi connectivity index (χ2v) is 2.99. The van der Waals surface area contributed by atoms with E-state index >= 15 is 0 Å². The Kier molecular flexibility index (Phi) is 2.24. The zero-order valence-corrected chi connectivity index (χ0v) is 6.68. The van der Waals surface area contributed by atoms with Gasteiger partial charge in [-0.25, -0.2) is 0 Å². The van der Waals surface area contributed by atoms with Crippen LogP contribution in [0, 0.1) is 0 Å². The molecule has 0 aromatic heterocycles. The second-order valence-electron chi connectivity index (χ2n) is 2.99. The zero-order valence-electron chi connectivity index (χ0n) is 6.68. The van der Waals surface area contributed by atoms with Crippen molar-refractivity contribution in [3.05, 3.63) is 0 Å². The maximum atomic E-state index is 10.9. The van der Waals surface area contributed by atoms with Crippen LogP contribution >= 0.6 is 0 Å². The largest absolute Gasteiger partial charge is 0.303 e. The SMILES string of the molecule is CC(C)NC1CC(=O)NC1=O. The smallest absolute Gasteiger partial charge is 0.244 e. The van der Waals surface area contributed by atoms with Gasteiger partial charge in [-0.05, 0) is 0 Å². The minimum atomic E-state index is -0.317. The standard InChI is InChI=1S/C7H12N2O2/c1-4(2)8-5-3-6(10)9-7(5)11/h4-5,8H,3H2,1-2H3,(H,9,10,11). The van der Waals surface area contributed by atoms with Crippen molar-refractivity contribution in [3.8, 4) is 0 Å². The highest BCUT2D eigenvalue weighted by molar-refractivity contribution is 6.05. The number of carbonyl (C=O) groups excluding carboxylic acids is 2. The van der Waals surface area contributed by atoms with Crippen molar-refractivity contribution in [1.82, 2.24) is 10.6 Å². The summed E-state index contributed by atoms with van der Waals surface area (Å²) in [4.78, 5) is 21.6. The van der Waals surface area contributed by atoms with E-state index in [0.717, 1.165) is 0 Å². The molecule has 4 nitrogen and oxygen atoms in total. The first-order valence-corrected chi connectivity index (χ1v) is 3.69. The first kappa shape index (κ1) is 8.20. The average Bonchev–Trinajstić information content (AvgIpc) is 2.09. The predicted octanol–water partition coefficient (Wildman–Crippen LogP) is -0.601. The van der Waals surface area contributed by atoms with Crippen LogP contribution < -0.4 is 10.6 Å². The topological polar surface area (TPSA) is 58.2 Å². The Morgan fingerprint density at radius 2 is 2.18 bits per heavy atom. The molecule has 1 heterocycles. The van der Waals surface area contributed by atoms with Crippen LogP contribution in [0.25, 0.3) is 0 Å². The number of nitrogens with one attached hydrogen (secondary N) is 2. The van der Waals surface area contributed by atoms with Gasteiger partial charge in [-0.2, -0.15) is 0 Å². The maximum Gasteiger partial charge on any atom is 0.244 e. The van der Waals surface area contributed by atoms with Gasteiger partial charge in [-0.1, -0.05) is 13.8 Å². The van der Waals surface area contributed by atoms with Crippen LogP contribution in [0.15, 0.2) is 0 Å². The third kappa shape index (κ3) is 2.01. The van der Waals surface area contributed by atoms with Crippen molar-refractivity contribution >= 4 is 11.8 Å². The van der Waals surface area contributed by atoms with Gasteiger partial charge in [0.15, 0.2) is 0 Å². The third-order valence-electron chi connectivity index (χ3n) is 1.50. The predicted molar refractivity (Wildman–Crippen MR) is 39.8 cm³/mol. The van der Waals surface area contributed by atoms with E-state index in [1.54, 1.807) is 0 Å². The lowest BCUT2D eigenvalue weighted by molar-refractivity contribution is -0.125. The summed E-state index contributed by atoms with van der Waals surface area (Å²) in [6.45, 7) is 3.88. The van der Waals surface area contributed by atoms with Crippen molar-refractivity contribution in [2.24, 2.45) is 0 Å². The summed E-state index contributed by atoms with van der Waals surface area (Å²) in [6, 6.07) is -0.0841. The fourth-order valence-electron chi connectivity index (χ4n) is 1.09. The summed E-state index contributed by atoms with van der Waals surface area (Å²) in [6.07, 6.45) is 0.275. The molecular formula is C7H12N2O2. The highest BCUT2D eigenvalue weighted by atomic mass is 16.2. The molecule has 0 aromatic rings. The molecule has 11 heavy (non-hydrogen) atoms. The highest BCUT2D eigenvalue weighted by Gasteiger charge is 2.30. The molecule has 1 fully saturated rings. The molecule has 1 saturated heterocycles. The number of rotatable bonds is 2. The fraction of sp³-hybridized carbons (Fsp3) is 0.714. The second kappa shape index (κ2) is 3.00. The molecule has 1 unspecified atom stereocenters. The molecule has 1 aliphatic rings. The third-order valence-corrected chi connectivity index (χ3v) is 1.50. The van der Waals surface area contributed by atoms with Gasteiger partial charge in [0, 0.05) is 6.04 Å². The number of hydrogen-bond donors (Lipinski definition) is 2. The quantitative estimate of drug-likeness (QED) is 0.525. The summed E-state index contributed by atoms with van der Waals surface area (Å²) >= 11 is 0. The molecule has 62 valence electrons. The molecular weight excluding hydrogens is 144 g/mol. The molecule has 0 aliphatic carbocycles. The van der Waals surface area contributed by atoms with Crippen molar-refractivity contribution in [2.75, 3.05) is 0 Å². The Morgan fingerprint density at radius 3 is 2.55 bits per heavy atom. The van der Waals surface area contributed by atoms with Gasteiger partial charge in [0.25, 0.3) is 0 Å². The number of carbonyl (C=O) groups is 2. The van der Waals surface area contributed by atoms with Gasteiger partial charge in [-0.3, -0.25) is 14.9 Å². The van der Waals surface area contributed by atoms with E-state index in [0.29, 0.717) is 0 Å². The molecule has 4 heteroatoms. The molecule has 1 atom stereocenters. The van der Waals surface area contributed by atoms with Gasteiger partial charge < -0.3 is 5.32 Å². The molecule has 2 amide bonds. The Hall–Kier alpha value is -0.900. The summed E-state index contributed by atoms with van der Waals surface area (Å²) in [7, 11) is 0. The number of hydrogen-bond acceptors (Lipinski definition) is 3. The van der Waals surface area contributed by atoms with Crippen LogP contribution in [-0.2, 0) is 9.59 Å². The van der Waals surface area contributed by atoms with Crippen LogP contribution in [0.3, 0.4) is 0 Å². The molecule has 1 aliphatic heterocycles.